The van der Waals surface area contributed by atoms with E-state index in [9.17, 15) is 22.8 Å². The second-order valence-electron chi connectivity index (χ2n) is 4.77. The van der Waals surface area contributed by atoms with E-state index >= 15 is 0 Å². The van der Waals surface area contributed by atoms with E-state index < -0.39 is 29.0 Å². The van der Waals surface area contributed by atoms with E-state index in [-0.39, 0.29) is 24.9 Å². The Morgan fingerprint density at radius 2 is 1.95 bits per heavy atom. The Morgan fingerprint density at radius 1 is 1.30 bits per heavy atom. The number of nitrogens with one attached hydrogen (secondary N) is 1. The highest BCUT2D eigenvalue weighted by Crippen LogP contribution is 2.46. The number of hydrogen-bond acceptors (Lipinski definition) is 2. The molecule has 1 fully saturated rings. The van der Waals surface area contributed by atoms with Gasteiger partial charge in [-0.3, -0.25) is 9.59 Å². The number of amides is 1. The molecule has 0 aliphatic heterocycles. The molecule has 4 nitrogen and oxygen atoms in total. The molecule has 2 rings (SSSR count). The number of carbonyl (C=O) groups is 2. The number of halogens is 3. The van der Waals surface area contributed by atoms with E-state index in [1.807, 2.05) is 0 Å². The van der Waals surface area contributed by atoms with E-state index in [2.05, 4.69) is 5.32 Å². The summed E-state index contributed by atoms with van der Waals surface area (Å²) in [6, 6.07) is 4.55. The summed E-state index contributed by atoms with van der Waals surface area (Å²) in [5.74, 6) is -1.85. The Kier molecular flexibility index (Phi) is 3.45. The van der Waals surface area contributed by atoms with Gasteiger partial charge in [0.15, 0.2) is 0 Å². The van der Waals surface area contributed by atoms with Crippen LogP contribution in [0.1, 0.15) is 24.0 Å². The quantitative estimate of drug-likeness (QED) is 0.834. The molecule has 1 amide bonds. The van der Waals surface area contributed by atoms with Crippen LogP contribution >= 0.6 is 0 Å². The fourth-order valence-corrected chi connectivity index (χ4v) is 1.87. The lowest BCUT2D eigenvalue weighted by Crippen LogP contribution is -2.36. The number of rotatable bonds is 4. The van der Waals surface area contributed by atoms with E-state index in [1.165, 1.54) is 12.1 Å². The van der Waals surface area contributed by atoms with Gasteiger partial charge in [-0.15, -0.1) is 0 Å². The monoisotopic (exact) mass is 287 g/mol. The van der Waals surface area contributed by atoms with Crippen LogP contribution in [0.4, 0.5) is 13.2 Å². The second kappa shape index (κ2) is 4.81. The molecule has 20 heavy (non-hydrogen) atoms. The van der Waals surface area contributed by atoms with Gasteiger partial charge in [-0.2, -0.15) is 13.2 Å². The number of aliphatic carboxylic acids is 1. The third-order valence-corrected chi connectivity index (χ3v) is 3.30. The molecule has 1 aromatic carbocycles. The van der Waals surface area contributed by atoms with Crippen molar-refractivity contribution in [3.05, 3.63) is 35.4 Å². The molecule has 108 valence electrons. The Balaban J connectivity index is 2.02. The smallest absolute Gasteiger partial charge is 0.416 e. The maximum atomic E-state index is 12.5. The zero-order valence-electron chi connectivity index (χ0n) is 10.3. The lowest BCUT2D eigenvalue weighted by atomic mass is 10.1. The number of benzene rings is 1. The molecule has 7 heteroatoms. The van der Waals surface area contributed by atoms with Crippen molar-refractivity contribution in [2.45, 2.75) is 25.6 Å². The molecule has 1 aromatic rings. The molecular formula is C13H12F3NO3. The van der Waals surface area contributed by atoms with Gasteiger partial charge < -0.3 is 10.4 Å². The summed E-state index contributed by atoms with van der Waals surface area (Å²) >= 11 is 0. The largest absolute Gasteiger partial charge is 0.480 e. The first kappa shape index (κ1) is 14.4. The third kappa shape index (κ3) is 2.76. The van der Waals surface area contributed by atoms with Crippen LogP contribution in [-0.2, 0) is 22.3 Å². The van der Waals surface area contributed by atoms with Crippen LogP contribution in [-0.4, -0.2) is 17.0 Å². The summed E-state index contributed by atoms with van der Waals surface area (Å²) in [6.07, 6.45) is -3.92. The van der Waals surface area contributed by atoms with E-state index in [0.717, 1.165) is 12.1 Å². The van der Waals surface area contributed by atoms with Crippen LogP contribution in [0, 0.1) is 5.41 Å². The molecule has 0 saturated heterocycles. The number of hydrogen-bond donors (Lipinski definition) is 2. The van der Waals surface area contributed by atoms with Crippen molar-refractivity contribution in [1.29, 1.82) is 0 Å². The molecule has 0 unspecified atom stereocenters. The minimum atomic E-state index is -4.45. The van der Waals surface area contributed by atoms with Gasteiger partial charge in [-0.25, -0.2) is 0 Å². The fourth-order valence-electron chi connectivity index (χ4n) is 1.87. The van der Waals surface area contributed by atoms with Gasteiger partial charge in [0.2, 0.25) is 5.91 Å². The number of carboxylic acid groups (broad SMARTS) is 1. The fraction of sp³-hybridized carbons (Fsp3) is 0.385. The summed E-state index contributed by atoms with van der Waals surface area (Å²) in [7, 11) is 0. The molecule has 0 aromatic heterocycles. The van der Waals surface area contributed by atoms with Gasteiger partial charge in [-0.05, 0) is 30.5 Å². The normalized spacial score (nSPS) is 16.6. The highest BCUT2D eigenvalue weighted by molar-refractivity contribution is 6.04. The zero-order valence-corrected chi connectivity index (χ0v) is 10.3. The van der Waals surface area contributed by atoms with Crippen LogP contribution in [0.15, 0.2) is 24.3 Å². The van der Waals surface area contributed by atoms with Crippen LogP contribution < -0.4 is 5.32 Å². The Morgan fingerprint density at radius 3 is 2.45 bits per heavy atom. The first-order chi connectivity index (χ1) is 9.25. The topological polar surface area (TPSA) is 66.4 Å². The standard InChI is InChI=1S/C13H12F3NO3/c14-13(15,16)9-3-1-2-8(6-9)7-17-10(18)12(4-5-12)11(19)20/h1-3,6H,4-5,7H2,(H,17,18)(H,19,20). The van der Waals surface area contributed by atoms with Crippen LogP contribution in [0.25, 0.3) is 0 Å². The SMILES string of the molecule is O=C(O)C1(C(=O)NCc2cccc(C(F)(F)F)c2)CC1. The minimum absolute atomic E-state index is 0.127. The number of carboxylic acids is 1. The maximum Gasteiger partial charge on any atom is 0.416 e. The molecule has 0 spiro atoms. The molecule has 1 aliphatic rings. The first-order valence-corrected chi connectivity index (χ1v) is 5.93. The van der Waals surface area contributed by atoms with Gasteiger partial charge in [0.25, 0.3) is 0 Å². The molecule has 0 bridgehead atoms. The average molecular weight is 287 g/mol. The second-order valence-corrected chi connectivity index (χ2v) is 4.77. The molecule has 0 heterocycles. The maximum absolute atomic E-state index is 12.5. The van der Waals surface area contributed by atoms with Crippen molar-refractivity contribution in [3.63, 3.8) is 0 Å². The van der Waals surface area contributed by atoms with Crippen LogP contribution in [0.3, 0.4) is 0 Å². The van der Waals surface area contributed by atoms with Gasteiger partial charge in [0.1, 0.15) is 5.41 Å². The first-order valence-electron chi connectivity index (χ1n) is 5.93. The van der Waals surface area contributed by atoms with Gasteiger partial charge >= 0.3 is 12.1 Å². The van der Waals surface area contributed by atoms with E-state index in [1.54, 1.807) is 0 Å². The van der Waals surface area contributed by atoms with Gasteiger partial charge in [0, 0.05) is 6.54 Å². The van der Waals surface area contributed by atoms with Crippen molar-refractivity contribution in [2.75, 3.05) is 0 Å². The molecule has 1 saturated carbocycles. The summed E-state index contributed by atoms with van der Waals surface area (Å²) < 4.78 is 37.5. The van der Waals surface area contributed by atoms with Crippen molar-refractivity contribution in [2.24, 2.45) is 5.41 Å². The van der Waals surface area contributed by atoms with Crippen LogP contribution in [0.5, 0.6) is 0 Å². The summed E-state index contributed by atoms with van der Waals surface area (Å²) in [4.78, 5) is 22.6. The predicted octanol–water partition coefficient (Wildman–Crippen LogP) is 2.19. The molecular weight excluding hydrogens is 275 g/mol. The number of carbonyl (C=O) groups excluding carboxylic acids is 1. The average Bonchev–Trinajstić information content (AvgIpc) is 3.16. The Bertz CT molecular complexity index is 550. The van der Waals surface area contributed by atoms with Crippen LogP contribution in [0.2, 0.25) is 0 Å². The summed E-state index contributed by atoms with van der Waals surface area (Å²) in [5, 5.41) is 11.3. The van der Waals surface area contributed by atoms with Crippen molar-refractivity contribution in [1.82, 2.24) is 5.32 Å². The van der Waals surface area contributed by atoms with Gasteiger partial charge in [0.05, 0.1) is 5.56 Å². The highest BCUT2D eigenvalue weighted by atomic mass is 19.4. The van der Waals surface area contributed by atoms with Crippen molar-refractivity contribution < 1.29 is 27.9 Å². The Hall–Kier alpha value is -2.05. The molecule has 0 radical (unpaired) electrons. The molecule has 1 aliphatic carbocycles. The third-order valence-electron chi connectivity index (χ3n) is 3.30. The predicted molar refractivity (Wildman–Crippen MR) is 62.6 cm³/mol. The highest BCUT2D eigenvalue weighted by Gasteiger charge is 2.56. The van der Waals surface area contributed by atoms with Gasteiger partial charge in [-0.1, -0.05) is 12.1 Å². The lowest BCUT2D eigenvalue weighted by Gasteiger charge is -2.12. The van der Waals surface area contributed by atoms with E-state index in [4.69, 9.17) is 5.11 Å². The molecule has 0 atom stereocenters. The van der Waals surface area contributed by atoms with Crippen molar-refractivity contribution in [3.8, 4) is 0 Å². The minimum Gasteiger partial charge on any atom is -0.480 e. The van der Waals surface area contributed by atoms with Crippen molar-refractivity contribution >= 4 is 11.9 Å². The molecule has 2 N–H and O–H groups in total. The summed E-state index contributed by atoms with van der Waals surface area (Å²) in [5.41, 5.74) is -1.92. The number of alkyl halides is 3. The summed E-state index contributed by atoms with van der Waals surface area (Å²) in [6.45, 7) is -0.127. The Labute approximate surface area is 112 Å². The van der Waals surface area contributed by atoms with E-state index in [0.29, 0.717) is 0 Å². The lowest BCUT2D eigenvalue weighted by molar-refractivity contribution is -0.149. The zero-order chi connectivity index (χ0) is 15.0.